The molecule has 146 valence electrons. The van der Waals surface area contributed by atoms with Crippen molar-refractivity contribution in [3.63, 3.8) is 0 Å². The van der Waals surface area contributed by atoms with E-state index in [1.165, 1.54) is 22.3 Å². The number of rotatable bonds is 6. The Kier molecular flexibility index (Phi) is 7.27. The fourth-order valence-corrected chi connectivity index (χ4v) is 4.07. The smallest absolute Gasteiger partial charge is 0.0954 e. The highest BCUT2D eigenvalue weighted by Crippen LogP contribution is 2.29. The van der Waals surface area contributed by atoms with E-state index in [1.807, 2.05) is 0 Å². The first-order valence-corrected chi connectivity index (χ1v) is 9.79. The molecule has 1 heterocycles. The summed E-state index contributed by atoms with van der Waals surface area (Å²) in [6, 6.07) is 30.3. The predicted octanol–water partition coefficient (Wildman–Crippen LogP) is 5.49. The normalized spacial score (nSPS) is 15.9. The summed E-state index contributed by atoms with van der Waals surface area (Å²) in [6.07, 6.45) is 1.18. The van der Waals surface area contributed by atoms with Crippen molar-refractivity contribution in [1.29, 1.82) is 0 Å². The highest BCUT2D eigenvalue weighted by atomic mass is 35.5. The van der Waals surface area contributed by atoms with E-state index >= 15 is 0 Å². The molecule has 0 N–H and O–H groups in total. The van der Waals surface area contributed by atoms with Crippen LogP contribution in [-0.2, 0) is 11.2 Å². The molecule has 0 aliphatic carbocycles. The molecule has 0 spiro atoms. The van der Waals surface area contributed by atoms with Gasteiger partial charge in [0, 0.05) is 19.0 Å². The molecule has 4 rings (SSSR count). The van der Waals surface area contributed by atoms with E-state index in [1.54, 1.807) is 0 Å². The summed E-state index contributed by atoms with van der Waals surface area (Å²) in [5.74, 6) is 0.358. The van der Waals surface area contributed by atoms with Crippen molar-refractivity contribution >= 4 is 12.4 Å². The molecule has 1 aliphatic rings. The van der Waals surface area contributed by atoms with Crippen LogP contribution in [0.2, 0.25) is 0 Å². The molecule has 0 radical (unpaired) electrons. The van der Waals surface area contributed by atoms with E-state index in [2.05, 4.69) is 96.9 Å². The number of ether oxygens (including phenoxy) is 1. The molecule has 3 aromatic carbocycles. The van der Waals surface area contributed by atoms with Gasteiger partial charge in [0.15, 0.2) is 0 Å². The Balaban J connectivity index is 0.00000225. The van der Waals surface area contributed by atoms with Gasteiger partial charge < -0.3 is 9.64 Å². The number of hydrogen-bond donors (Lipinski definition) is 0. The molecule has 0 aromatic heterocycles. The summed E-state index contributed by atoms with van der Waals surface area (Å²) < 4.78 is 6.13. The van der Waals surface area contributed by atoms with E-state index in [9.17, 15) is 0 Å². The molecule has 1 aliphatic heterocycles. The lowest BCUT2D eigenvalue weighted by atomic mass is 9.90. The first-order chi connectivity index (χ1) is 13.3. The molecule has 0 amide bonds. The number of halogens is 1. The van der Waals surface area contributed by atoms with Gasteiger partial charge in [0.05, 0.1) is 12.7 Å². The molecule has 0 saturated heterocycles. The fourth-order valence-electron chi connectivity index (χ4n) is 4.07. The maximum absolute atomic E-state index is 6.13. The van der Waals surface area contributed by atoms with Crippen LogP contribution >= 0.6 is 12.4 Å². The van der Waals surface area contributed by atoms with E-state index in [0.29, 0.717) is 5.92 Å². The van der Waals surface area contributed by atoms with Crippen LogP contribution in [0.4, 0.5) is 0 Å². The number of likely N-dealkylation sites (N-methyl/N-ethyl adjacent to an activating group) is 1. The monoisotopic (exact) mass is 393 g/mol. The molecule has 3 heteroatoms. The zero-order valence-corrected chi connectivity index (χ0v) is 17.1. The maximum atomic E-state index is 6.13. The Morgan fingerprint density at radius 2 is 1.43 bits per heavy atom. The van der Waals surface area contributed by atoms with Gasteiger partial charge in [-0.05, 0) is 35.7 Å². The van der Waals surface area contributed by atoms with Crippen LogP contribution in [0.15, 0.2) is 84.9 Å². The average molecular weight is 394 g/mol. The van der Waals surface area contributed by atoms with Crippen LogP contribution in [0.5, 0.6) is 0 Å². The van der Waals surface area contributed by atoms with Crippen molar-refractivity contribution in [3.8, 4) is 0 Å². The topological polar surface area (TPSA) is 12.5 Å². The van der Waals surface area contributed by atoms with Crippen molar-refractivity contribution in [2.24, 2.45) is 0 Å². The van der Waals surface area contributed by atoms with Gasteiger partial charge in [-0.2, -0.15) is 0 Å². The molecule has 1 atom stereocenters. The lowest BCUT2D eigenvalue weighted by Crippen LogP contribution is -2.32. The van der Waals surface area contributed by atoms with Crippen molar-refractivity contribution in [3.05, 3.63) is 107 Å². The lowest BCUT2D eigenvalue weighted by molar-refractivity contribution is 0.0206. The van der Waals surface area contributed by atoms with E-state index in [4.69, 9.17) is 4.74 Å². The Labute approximate surface area is 174 Å². The standard InChI is InChI=1S/C25H27NO.ClH/c1-26(19-25-23-15-9-8-14-22(23)16-17-27-25)18-24(20-10-4-2-5-11-20)21-12-6-3-7-13-21;/h2-15,24-25H,16-19H2,1H3;1H. The van der Waals surface area contributed by atoms with Crippen LogP contribution in [0, 0.1) is 0 Å². The van der Waals surface area contributed by atoms with Gasteiger partial charge in [-0.15, -0.1) is 12.4 Å². The first-order valence-electron chi connectivity index (χ1n) is 9.79. The summed E-state index contributed by atoms with van der Waals surface area (Å²) in [7, 11) is 2.21. The summed E-state index contributed by atoms with van der Waals surface area (Å²) in [6.45, 7) is 2.69. The van der Waals surface area contributed by atoms with E-state index in [0.717, 1.165) is 26.1 Å². The van der Waals surface area contributed by atoms with Gasteiger partial charge in [-0.25, -0.2) is 0 Å². The first kappa shape index (κ1) is 20.6. The quantitative estimate of drug-likeness (QED) is 0.549. The molecule has 1 unspecified atom stereocenters. The molecule has 28 heavy (non-hydrogen) atoms. The second-order valence-electron chi connectivity index (χ2n) is 7.40. The zero-order chi connectivity index (χ0) is 18.5. The molecule has 0 saturated carbocycles. The maximum Gasteiger partial charge on any atom is 0.0954 e. The van der Waals surface area contributed by atoms with Crippen LogP contribution in [0.1, 0.15) is 34.3 Å². The van der Waals surface area contributed by atoms with Gasteiger partial charge in [-0.3, -0.25) is 0 Å². The second-order valence-corrected chi connectivity index (χ2v) is 7.40. The molecule has 2 nitrogen and oxygen atoms in total. The number of hydrogen-bond acceptors (Lipinski definition) is 2. The van der Waals surface area contributed by atoms with Gasteiger partial charge in [0.1, 0.15) is 0 Å². The Hall–Kier alpha value is -2.13. The zero-order valence-electron chi connectivity index (χ0n) is 16.3. The van der Waals surface area contributed by atoms with Gasteiger partial charge in [-0.1, -0.05) is 84.9 Å². The SMILES string of the molecule is CN(CC1OCCc2ccccc21)CC(c1ccccc1)c1ccccc1.Cl. The Morgan fingerprint density at radius 3 is 2.07 bits per heavy atom. The van der Waals surface area contributed by atoms with Gasteiger partial charge in [0.25, 0.3) is 0 Å². The van der Waals surface area contributed by atoms with E-state index in [-0.39, 0.29) is 18.5 Å². The molecular weight excluding hydrogens is 366 g/mol. The minimum Gasteiger partial charge on any atom is -0.372 e. The largest absolute Gasteiger partial charge is 0.372 e. The highest BCUT2D eigenvalue weighted by Gasteiger charge is 2.23. The van der Waals surface area contributed by atoms with Crippen molar-refractivity contribution in [2.75, 3.05) is 26.7 Å². The minimum atomic E-state index is 0. The van der Waals surface area contributed by atoms with Crippen LogP contribution in [0.3, 0.4) is 0 Å². The van der Waals surface area contributed by atoms with Crippen LogP contribution in [0.25, 0.3) is 0 Å². The third-order valence-electron chi connectivity index (χ3n) is 5.47. The number of benzene rings is 3. The minimum absolute atomic E-state index is 0. The molecular formula is C25H28ClNO. The number of fused-ring (bicyclic) bond motifs is 1. The van der Waals surface area contributed by atoms with Crippen molar-refractivity contribution in [2.45, 2.75) is 18.4 Å². The van der Waals surface area contributed by atoms with Crippen LogP contribution in [-0.4, -0.2) is 31.6 Å². The van der Waals surface area contributed by atoms with E-state index < -0.39 is 0 Å². The Bertz CT molecular complexity index is 813. The van der Waals surface area contributed by atoms with Gasteiger partial charge in [0.2, 0.25) is 0 Å². The third kappa shape index (κ3) is 4.82. The fraction of sp³-hybridized carbons (Fsp3) is 0.280. The third-order valence-corrected chi connectivity index (χ3v) is 5.47. The predicted molar refractivity (Wildman–Crippen MR) is 118 cm³/mol. The lowest BCUT2D eigenvalue weighted by Gasteiger charge is -2.31. The van der Waals surface area contributed by atoms with Gasteiger partial charge >= 0.3 is 0 Å². The summed E-state index contributed by atoms with van der Waals surface area (Å²) in [5, 5.41) is 0. The second kappa shape index (κ2) is 9.88. The highest BCUT2D eigenvalue weighted by molar-refractivity contribution is 5.85. The van der Waals surface area contributed by atoms with Crippen molar-refractivity contribution < 1.29 is 4.74 Å². The molecule has 3 aromatic rings. The number of nitrogens with zero attached hydrogens (tertiary/aromatic N) is 1. The Morgan fingerprint density at radius 1 is 0.857 bits per heavy atom. The van der Waals surface area contributed by atoms with Crippen LogP contribution < -0.4 is 0 Å². The summed E-state index contributed by atoms with van der Waals surface area (Å²) in [5.41, 5.74) is 5.51. The van der Waals surface area contributed by atoms with Crippen molar-refractivity contribution in [1.82, 2.24) is 4.90 Å². The summed E-state index contributed by atoms with van der Waals surface area (Å²) in [4.78, 5) is 2.41. The summed E-state index contributed by atoms with van der Waals surface area (Å²) >= 11 is 0. The molecule has 0 bridgehead atoms. The average Bonchev–Trinajstić information content (AvgIpc) is 2.73. The molecule has 0 fully saturated rings.